The molecule has 0 amide bonds. The van der Waals surface area contributed by atoms with Crippen LogP contribution in [0.2, 0.25) is 0 Å². The van der Waals surface area contributed by atoms with Crippen molar-refractivity contribution in [3.8, 4) is 0 Å². The molecule has 15 heavy (non-hydrogen) atoms. The van der Waals surface area contributed by atoms with Gasteiger partial charge in [-0.15, -0.1) is 0 Å². The van der Waals surface area contributed by atoms with Gasteiger partial charge in [0, 0.05) is 24.8 Å². The number of aryl methyl sites for hydroxylation is 1. The molecule has 1 aromatic rings. The van der Waals surface area contributed by atoms with Gasteiger partial charge in [-0.25, -0.2) is 0 Å². The molecule has 0 spiro atoms. The van der Waals surface area contributed by atoms with Crippen LogP contribution in [0.4, 0.5) is 5.69 Å². The van der Waals surface area contributed by atoms with E-state index < -0.39 is 0 Å². The highest BCUT2D eigenvalue weighted by atomic mass is 31.0. The maximum atomic E-state index is 3.59. The van der Waals surface area contributed by atoms with Gasteiger partial charge in [-0.2, -0.15) is 0 Å². The van der Waals surface area contributed by atoms with Crippen molar-refractivity contribution < 1.29 is 0 Å². The van der Waals surface area contributed by atoms with E-state index in [1.165, 1.54) is 37.2 Å². The first-order valence-electron chi connectivity index (χ1n) is 5.57. The van der Waals surface area contributed by atoms with E-state index >= 15 is 0 Å². The van der Waals surface area contributed by atoms with Gasteiger partial charge in [0.05, 0.1) is 0 Å². The molecule has 1 aromatic carbocycles. The fourth-order valence-corrected chi connectivity index (χ4v) is 2.23. The Morgan fingerprint density at radius 2 is 1.80 bits per heavy atom. The third-order valence-corrected chi connectivity index (χ3v) is 3.47. The monoisotopic (exact) mass is 222 g/mol. The number of anilines is 1. The topological polar surface area (TPSA) is 15.3 Å². The summed E-state index contributed by atoms with van der Waals surface area (Å²) >= 11 is 0. The first-order valence-corrected chi connectivity index (χ1v) is 6.08. The Morgan fingerprint density at radius 1 is 1.20 bits per heavy atom. The lowest BCUT2D eigenvalue weighted by molar-refractivity contribution is 0.357. The molecule has 2 nitrogen and oxygen atoms in total. The molecule has 1 aliphatic heterocycles. The van der Waals surface area contributed by atoms with Crippen LogP contribution in [0.3, 0.4) is 0 Å². The van der Waals surface area contributed by atoms with Crippen LogP contribution >= 0.6 is 9.39 Å². The normalized spacial score (nSPS) is 19.1. The smallest absolute Gasteiger partial charge is 0.0342 e. The summed E-state index contributed by atoms with van der Waals surface area (Å²) in [5.74, 6) is 0. The molecule has 3 heteroatoms. The number of nitrogens with zero attached hydrogens (tertiary/aromatic N) is 1. The molecule has 1 saturated heterocycles. The minimum Gasteiger partial charge on any atom is -0.382 e. The van der Waals surface area contributed by atoms with Crippen LogP contribution in [-0.2, 0) is 0 Å². The molecule has 1 fully saturated rings. The Bertz CT molecular complexity index is 302. The van der Waals surface area contributed by atoms with Crippen molar-refractivity contribution >= 4 is 15.1 Å². The Balaban J connectivity index is 1.89. The number of rotatable bonds is 2. The van der Waals surface area contributed by atoms with E-state index in [2.05, 4.69) is 50.6 Å². The van der Waals surface area contributed by atoms with Crippen molar-refractivity contribution in [2.45, 2.75) is 25.8 Å². The van der Waals surface area contributed by atoms with Crippen LogP contribution in [0.1, 0.15) is 18.4 Å². The van der Waals surface area contributed by atoms with Gasteiger partial charge >= 0.3 is 0 Å². The molecule has 1 atom stereocenters. The lowest BCUT2D eigenvalue weighted by atomic mass is 10.1. The Morgan fingerprint density at radius 3 is 2.40 bits per heavy atom. The Labute approximate surface area is 94.3 Å². The minimum absolute atomic E-state index is 0.643. The summed E-state index contributed by atoms with van der Waals surface area (Å²) in [6, 6.07) is 9.30. The summed E-state index contributed by atoms with van der Waals surface area (Å²) in [4.78, 5) is 0. The van der Waals surface area contributed by atoms with Crippen LogP contribution in [0.25, 0.3) is 0 Å². The molecule has 1 heterocycles. The van der Waals surface area contributed by atoms with E-state index in [0.717, 1.165) is 0 Å². The van der Waals surface area contributed by atoms with Crippen LogP contribution in [0.5, 0.6) is 0 Å². The van der Waals surface area contributed by atoms with Gasteiger partial charge in [0.15, 0.2) is 0 Å². The van der Waals surface area contributed by atoms with Crippen molar-refractivity contribution in [2.24, 2.45) is 0 Å². The first kappa shape index (κ1) is 10.9. The SMILES string of the molecule is Cc1ccc(NC2CCN(P)CC2)cc1. The fraction of sp³-hybridized carbons (Fsp3) is 0.500. The highest BCUT2D eigenvalue weighted by molar-refractivity contribution is 7.13. The van der Waals surface area contributed by atoms with Gasteiger partial charge in [-0.3, -0.25) is 4.67 Å². The van der Waals surface area contributed by atoms with Crippen LogP contribution in [-0.4, -0.2) is 23.8 Å². The largest absolute Gasteiger partial charge is 0.382 e. The van der Waals surface area contributed by atoms with Crippen molar-refractivity contribution in [3.63, 3.8) is 0 Å². The molecular formula is C12H19N2P. The van der Waals surface area contributed by atoms with Gasteiger partial charge in [0.25, 0.3) is 0 Å². The Kier molecular flexibility index (Phi) is 3.61. The lowest BCUT2D eigenvalue weighted by Gasteiger charge is -2.29. The summed E-state index contributed by atoms with van der Waals surface area (Å²) < 4.78 is 2.31. The molecule has 2 rings (SSSR count). The van der Waals surface area contributed by atoms with Crippen molar-refractivity contribution in [2.75, 3.05) is 18.4 Å². The first-order chi connectivity index (χ1) is 7.24. The molecule has 1 unspecified atom stereocenters. The highest BCUT2D eigenvalue weighted by Gasteiger charge is 2.15. The Hall–Kier alpha value is -0.590. The molecule has 0 aromatic heterocycles. The van der Waals surface area contributed by atoms with Gasteiger partial charge in [-0.05, 0) is 31.9 Å². The minimum atomic E-state index is 0.643. The zero-order valence-electron chi connectivity index (χ0n) is 9.24. The number of benzene rings is 1. The number of nitrogens with one attached hydrogen (secondary N) is 1. The van der Waals surface area contributed by atoms with E-state index in [0.29, 0.717) is 6.04 Å². The molecule has 1 aliphatic rings. The molecule has 0 bridgehead atoms. The second-order valence-electron chi connectivity index (χ2n) is 4.32. The van der Waals surface area contributed by atoms with E-state index in [9.17, 15) is 0 Å². The quantitative estimate of drug-likeness (QED) is 0.774. The zero-order chi connectivity index (χ0) is 10.7. The molecule has 0 saturated carbocycles. The second-order valence-corrected chi connectivity index (χ2v) is 5.05. The standard InChI is InChI=1S/C12H19N2P/c1-10-2-4-11(5-3-10)13-12-6-8-14(15)9-7-12/h2-5,12-13H,6-9,15H2,1H3. The lowest BCUT2D eigenvalue weighted by Crippen LogP contribution is -2.33. The van der Waals surface area contributed by atoms with Gasteiger partial charge in [0.2, 0.25) is 0 Å². The van der Waals surface area contributed by atoms with Gasteiger partial charge < -0.3 is 5.32 Å². The van der Waals surface area contributed by atoms with Crippen molar-refractivity contribution in [1.82, 2.24) is 4.67 Å². The number of piperidine rings is 1. The van der Waals surface area contributed by atoms with E-state index in [1.807, 2.05) is 0 Å². The number of hydrogen-bond acceptors (Lipinski definition) is 2. The van der Waals surface area contributed by atoms with Crippen LogP contribution in [0.15, 0.2) is 24.3 Å². The van der Waals surface area contributed by atoms with Gasteiger partial charge in [-0.1, -0.05) is 27.1 Å². The maximum Gasteiger partial charge on any atom is 0.0342 e. The molecule has 1 N–H and O–H groups in total. The van der Waals surface area contributed by atoms with Crippen molar-refractivity contribution in [3.05, 3.63) is 29.8 Å². The van der Waals surface area contributed by atoms with Gasteiger partial charge in [0.1, 0.15) is 0 Å². The molecule has 82 valence electrons. The summed E-state index contributed by atoms with van der Waals surface area (Å²) in [5, 5.41) is 3.59. The van der Waals surface area contributed by atoms with Crippen LogP contribution < -0.4 is 5.32 Å². The van der Waals surface area contributed by atoms with E-state index in [-0.39, 0.29) is 0 Å². The van der Waals surface area contributed by atoms with Crippen molar-refractivity contribution in [1.29, 1.82) is 0 Å². The highest BCUT2D eigenvalue weighted by Crippen LogP contribution is 2.18. The third-order valence-electron chi connectivity index (χ3n) is 2.95. The average molecular weight is 222 g/mol. The zero-order valence-corrected chi connectivity index (χ0v) is 10.4. The fourth-order valence-electron chi connectivity index (χ4n) is 1.93. The number of hydrogen-bond donors (Lipinski definition) is 1. The van der Waals surface area contributed by atoms with E-state index in [4.69, 9.17) is 0 Å². The predicted molar refractivity (Wildman–Crippen MR) is 69.1 cm³/mol. The average Bonchev–Trinajstić information content (AvgIpc) is 2.25. The molecule has 0 aliphatic carbocycles. The summed E-state index contributed by atoms with van der Waals surface area (Å²) in [6.45, 7) is 4.47. The predicted octanol–water partition coefficient (Wildman–Crippen LogP) is 2.66. The molecule has 0 radical (unpaired) electrons. The summed E-state index contributed by atoms with van der Waals surface area (Å²) in [7, 11) is 2.78. The third kappa shape index (κ3) is 3.19. The maximum absolute atomic E-state index is 3.59. The second kappa shape index (κ2) is 4.96. The molecular weight excluding hydrogens is 203 g/mol. The van der Waals surface area contributed by atoms with E-state index in [1.54, 1.807) is 0 Å². The summed E-state index contributed by atoms with van der Waals surface area (Å²) in [5.41, 5.74) is 2.57. The summed E-state index contributed by atoms with van der Waals surface area (Å²) in [6.07, 6.45) is 2.47. The van der Waals surface area contributed by atoms with Crippen LogP contribution in [0, 0.1) is 6.92 Å².